The lowest BCUT2D eigenvalue weighted by Gasteiger charge is -2.37. The Balaban J connectivity index is 2.43. The van der Waals surface area contributed by atoms with Gasteiger partial charge in [-0.2, -0.15) is 18.4 Å². The molecule has 1 aliphatic heterocycles. The molecule has 5 nitrogen and oxygen atoms in total. The number of halogens is 5. The lowest BCUT2D eigenvalue weighted by atomic mass is 9.87. The molecule has 1 aliphatic rings. The summed E-state index contributed by atoms with van der Waals surface area (Å²) < 4.78 is 53.7. The number of fused-ring (bicyclic) bond motifs is 3. The Morgan fingerprint density at radius 2 is 2.18 bits per heavy atom. The molecule has 0 bridgehead atoms. The Morgan fingerprint density at radius 3 is 2.68 bits per heavy atom. The van der Waals surface area contributed by atoms with Gasteiger partial charge in [-0.15, -0.1) is 23.3 Å². The topological polar surface area (TPSA) is 76.7 Å². The average molecular weight is 449 g/mol. The average Bonchev–Trinajstić information content (AvgIpc) is 3.03. The molecule has 2 unspecified atom stereocenters. The number of alkyl halides is 4. The van der Waals surface area contributed by atoms with Crippen molar-refractivity contribution in [1.82, 2.24) is 9.78 Å². The molecule has 3 rings (SSSR count). The first kappa shape index (κ1) is 20.9. The van der Waals surface area contributed by atoms with Crippen LogP contribution in [0, 0.1) is 11.3 Å². The number of aromatic nitrogens is 2. The summed E-state index contributed by atoms with van der Waals surface area (Å²) in [4.78, 5) is 0.142. The minimum absolute atomic E-state index is 0.102. The third kappa shape index (κ3) is 3.05. The predicted octanol–water partition coefficient (Wildman–Crippen LogP) is 4.59. The van der Waals surface area contributed by atoms with Crippen molar-refractivity contribution in [2.75, 3.05) is 16.9 Å². The third-order valence-corrected chi connectivity index (χ3v) is 6.50. The van der Waals surface area contributed by atoms with Crippen LogP contribution in [0.4, 0.5) is 19.0 Å². The second kappa shape index (κ2) is 7.19. The van der Waals surface area contributed by atoms with Crippen LogP contribution < -0.4 is 5.32 Å². The molecule has 2 atom stereocenters. The Morgan fingerprint density at radius 1 is 1.50 bits per heavy atom. The number of hydrogen-bond acceptors (Lipinski definition) is 4. The van der Waals surface area contributed by atoms with Gasteiger partial charge in [-0.05, 0) is 30.2 Å². The van der Waals surface area contributed by atoms with Gasteiger partial charge in [0.05, 0.1) is 27.7 Å². The highest BCUT2D eigenvalue weighted by molar-refractivity contribution is 7.91. The van der Waals surface area contributed by atoms with Crippen molar-refractivity contribution in [2.24, 2.45) is 0 Å². The molecule has 0 radical (unpaired) electrons. The fourth-order valence-corrected chi connectivity index (χ4v) is 4.59. The third-order valence-electron chi connectivity index (χ3n) is 4.42. The minimum atomic E-state index is -4.63. The van der Waals surface area contributed by atoms with Gasteiger partial charge in [0.15, 0.2) is 5.82 Å². The molecule has 0 saturated heterocycles. The number of hydrogen-bond donors (Lipinski definition) is 1. The number of anilines is 1. The van der Waals surface area contributed by atoms with E-state index in [4.69, 9.17) is 23.2 Å². The van der Waals surface area contributed by atoms with Gasteiger partial charge in [-0.3, -0.25) is 0 Å². The first-order chi connectivity index (χ1) is 13.1. The van der Waals surface area contributed by atoms with Crippen LogP contribution >= 0.6 is 23.2 Å². The fourth-order valence-electron chi connectivity index (χ4n) is 3.03. The van der Waals surface area contributed by atoms with Gasteiger partial charge in [0.25, 0.3) is 0 Å². The van der Waals surface area contributed by atoms with Crippen molar-refractivity contribution < 1.29 is 17.7 Å². The van der Waals surface area contributed by atoms with Crippen LogP contribution in [-0.2, 0) is 22.9 Å². The van der Waals surface area contributed by atoms with Gasteiger partial charge in [-0.25, -0.2) is 4.68 Å². The fraction of sp³-hybridized carbons (Fsp3) is 0.294. The maximum atomic E-state index is 13.3. The maximum absolute atomic E-state index is 13.3. The van der Waals surface area contributed by atoms with Crippen LogP contribution in [-0.4, -0.2) is 26.0 Å². The van der Waals surface area contributed by atoms with E-state index in [9.17, 15) is 23.0 Å². The molecule has 0 aliphatic carbocycles. The molecule has 1 aromatic carbocycles. The van der Waals surface area contributed by atoms with E-state index in [1.807, 2.05) is 6.07 Å². The van der Waals surface area contributed by atoms with Crippen LogP contribution in [0.1, 0.15) is 23.7 Å². The summed E-state index contributed by atoms with van der Waals surface area (Å²) >= 11 is 10.8. The first-order valence-electron chi connectivity index (χ1n) is 7.94. The van der Waals surface area contributed by atoms with Crippen molar-refractivity contribution in [2.45, 2.75) is 23.5 Å². The van der Waals surface area contributed by atoms with E-state index < -0.39 is 28.5 Å². The van der Waals surface area contributed by atoms with E-state index in [1.54, 1.807) is 6.92 Å². The molecule has 0 amide bonds. The zero-order valence-corrected chi connectivity index (χ0v) is 16.7. The van der Waals surface area contributed by atoms with Crippen LogP contribution in [0.3, 0.4) is 0 Å². The molecule has 148 valence electrons. The Hall–Kier alpha value is -1.86. The van der Waals surface area contributed by atoms with Crippen molar-refractivity contribution in [3.8, 4) is 11.8 Å². The van der Waals surface area contributed by atoms with Gasteiger partial charge in [0.2, 0.25) is 10.6 Å². The zero-order valence-electron chi connectivity index (χ0n) is 14.4. The highest BCUT2D eigenvalue weighted by Gasteiger charge is 2.44. The van der Waals surface area contributed by atoms with Gasteiger partial charge in [0, 0.05) is 5.56 Å². The summed E-state index contributed by atoms with van der Waals surface area (Å²) in [5, 5.41) is 16.3. The summed E-state index contributed by atoms with van der Waals surface area (Å²) in [5.74, 6) is 0.211. The first-order valence-corrected chi connectivity index (χ1v) is 10.2. The largest absolute Gasteiger partial charge is 0.611 e. The van der Waals surface area contributed by atoms with Gasteiger partial charge >= 0.3 is 6.18 Å². The summed E-state index contributed by atoms with van der Waals surface area (Å²) in [6, 6.07) is 3.57. The normalized spacial score (nSPS) is 19.2. The molecular weight excluding hydrogens is 436 g/mol. The van der Waals surface area contributed by atoms with E-state index in [1.165, 1.54) is 10.8 Å². The van der Waals surface area contributed by atoms with Gasteiger partial charge < -0.3 is 9.87 Å². The Kier molecular flexibility index (Phi) is 5.36. The molecule has 0 saturated carbocycles. The number of nitriles is 1. The minimum Gasteiger partial charge on any atom is -0.611 e. The molecule has 1 N–H and O–H groups in total. The molecule has 2 aromatic rings. The lowest BCUT2D eigenvalue weighted by Crippen LogP contribution is -2.41. The zero-order chi connectivity index (χ0) is 20.9. The van der Waals surface area contributed by atoms with E-state index >= 15 is 0 Å². The van der Waals surface area contributed by atoms with E-state index in [2.05, 4.69) is 17.0 Å². The molecule has 0 fully saturated rings. The molecular formula is C17H13Cl2F3N4OS. The van der Waals surface area contributed by atoms with E-state index in [0.29, 0.717) is 0 Å². The summed E-state index contributed by atoms with van der Waals surface area (Å²) in [6.07, 6.45) is -3.27. The van der Waals surface area contributed by atoms with Crippen LogP contribution in [0.25, 0.3) is 5.69 Å². The molecule has 0 spiro atoms. The van der Waals surface area contributed by atoms with E-state index in [0.717, 1.165) is 12.1 Å². The highest BCUT2D eigenvalue weighted by atomic mass is 35.5. The number of benzene rings is 1. The van der Waals surface area contributed by atoms with Crippen LogP contribution in [0.2, 0.25) is 5.02 Å². The lowest BCUT2D eigenvalue weighted by molar-refractivity contribution is -0.137. The number of rotatable bonds is 4. The summed E-state index contributed by atoms with van der Waals surface area (Å²) in [7, 11) is 0. The second-order valence-electron chi connectivity index (χ2n) is 5.97. The SMILES string of the molecule is C=CC1(CCl)Nc2c([S+]([O-])CC)c(C#N)nn2-c2c(Cl)cc(C(F)(F)F)cc21. The highest BCUT2D eigenvalue weighted by Crippen LogP contribution is 2.47. The smallest absolute Gasteiger partial charge is 0.416 e. The molecule has 28 heavy (non-hydrogen) atoms. The van der Waals surface area contributed by atoms with Gasteiger partial charge in [0.1, 0.15) is 11.8 Å². The van der Waals surface area contributed by atoms with Crippen LogP contribution in [0.15, 0.2) is 29.7 Å². The predicted molar refractivity (Wildman–Crippen MR) is 101 cm³/mol. The maximum Gasteiger partial charge on any atom is 0.416 e. The standard InChI is InChI=1S/C17H13Cl2F3N4OS/c1-3-16(8-18)10-5-9(17(20,21)22)6-11(19)13(10)26-15(24-16)14(28(27)4-2)12(7-23)25-26/h3,5-6,24H,1,4,8H2,2H3. The van der Waals surface area contributed by atoms with Crippen LogP contribution in [0.5, 0.6) is 0 Å². The van der Waals surface area contributed by atoms with Gasteiger partial charge in [-0.1, -0.05) is 17.7 Å². The van der Waals surface area contributed by atoms with Crippen molar-refractivity contribution in [3.05, 3.63) is 46.6 Å². The second-order valence-corrected chi connectivity index (χ2v) is 8.32. The Labute approximate surface area is 171 Å². The monoisotopic (exact) mass is 448 g/mol. The molecule has 2 heterocycles. The summed E-state index contributed by atoms with van der Waals surface area (Å²) in [6.45, 7) is 5.37. The number of nitrogens with one attached hydrogen (secondary N) is 1. The quantitative estimate of drug-likeness (QED) is 0.421. The Bertz CT molecular complexity index is 1000. The van der Waals surface area contributed by atoms with E-state index in [-0.39, 0.29) is 44.3 Å². The molecule has 1 aromatic heterocycles. The van der Waals surface area contributed by atoms with Crippen molar-refractivity contribution in [3.63, 3.8) is 0 Å². The summed E-state index contributed by atoms with van der Waals surface area (Å²) in [5.41, 5.74) is -2.18. The molecule has 11 heteroatoms. The number of nitrogens with zero attached hydrogens (tertiary/aromatic N) is 3. The van der Waals surface area contributed by atoms with Crippen molar-refractivity contribution in [1.29, 1.82) is 5.26 Å². The van der Waals surface area contributed by atoms with Crippen molar-refractivity contribution >= 4 is 40.2 Å².